The number of aromatic nitrogens is 2. The van der Waals surface area contributed by atoms with Crippen LogP contribution in [-0.2, 0) is 20.9 Å². The van der Waals surface area contributed by atoms with Gasteiger partial charge in [-0.3, -0.25) is 9.97 Å². The number of methoxy groups -OCH3 is 1. The summed E-state index contributed by atoms with van der Waals surface area (Å²) >= 11 is 11.8. The van der Waals surface area contributed by atoms with Gasteiger partial charge in [-0.05, 0) is 48.9 Å². The van der Waals surface area contributed by atoms with Crippen molar-refractivity contribution >= 4 is 38.9 Å². The third kappa shape index (κ3) is 5.46. The molecule has 1 unspecified atom stereocenters. The zero-order valence-corrected chi connectivity index (χ0v) is 20.6. The SMILES string of the molecule is COCN(c1cc(Cl)cnc1C(C)c1ccnc(C)c1)S(=O)(=O)c1ccc(Cl)c(C(F)(F)F)c1. The van der Waals surface area contributed by atoms with Gasteiger partial charge in [-0.2, -0.15) is 13.2 Å². The molecular weight excluding hydrogens is 514 g/mol. The van der Waals surface area contributed by atoms with Gasteiger partial charge in [0.05, 0.1) is 31.9 Å². The maximum absolute atomic E-state index is 13.5. The molecule has 0 N–H and O–H groups in total. The number of anilines is 1. The van der Waals surface area contributed by atoms with Crippen molar-refractivity contribution in [1.82, 2.24) is 9.97 Å². The molecule has 0 radical (unpaired) electrons. The Labute approximate surface area is 205 Å². The number of alkyl halides is 3. The van der Waals surface area contributed by atoms with E-state index in [1.165, 1.54) is 19.4 Å². The lowest BCUT2D eigenvalue weighted by molar-refractivity contribution is -0.137. The van der Waals surface area contributed by atoms with Crippen LogP contribution >= 0.6 is 23.2 Å². The second kappa shape index (κ2) is 10.1. The van der Waals surface area contributed by atoms with Crippen molar-refractivity contribution in [2.45, 2.75) is 30.8 Å². The number of benzene rings is 1. The van der Waals surface area contributed by atoms with Crippen LogP contribution in [0.25, 0.3) is 0 Å². The van der Waals surface area contributed by atoms with E-state index in [-0.39, 0.29) is 10.7 Å². The van der Waals surface area contributed by atoms with Gasteiger partial charge >= 0.3 is 6.18 Å². The summed E-state index contributed by atoms with van der Waals surface area (Å²) in [7, 11) is -3.28. The van der Waals surface area contributed by atoms with Gasteiger partial charge in [0.1, 0.15) is 6.73 Å². The molecule has 0 aliphatic carbocycles. The molecular formula is C22H20Cl2F3N3O3S. The Bertz CT molecular complexity index is 1300. The first kappa shape index (κ1) is 26.2. The van der Waals surface area contributed by atoms with Crippen LogP contribution in [-0.4, -0.2) is 32.2 Å². The van der Waals surface area contributed by atoms with Gasteiger partial charge in [-0.1, -0.05) is 30.1 Å². The van der Waals surface area contributed by atoms with E-state index in [9.17, 15) is 21.6 Å². The van der Waals surface area contributed by atoms with Gasteiger partial charge in [0, 0.05) is 31.1 Å². The fraction of sp³-hybridized carbons (Fsp3) is 0.273. The van der Waals surface area contributed by atoms with Crippen LogP contribution in [0.3, 0.4) is 0 Å². The summed E-state index contributed by atoms with van der Waals surface area (Å²) in [6.45, 7) is 3.13. The maximum Gasteiger partial charge on any atom is 0.417 e. The molecule has 34 heavy (non-hydrogen) atoms. The third-order valence-electron chi connectivity index (χ3n) is 5.04. The highest BCUT2D eigenvalue weighted by Gasteiger charge is 2.36. The fourth-order valence-corrected chi connectivity index (χ4v) is 5.15. The molecule has 182 valence electrons. The number of rotatable bonds is 7. The largest absolute Gasteiger partial charge is 0.417 e. The Morgan fingerprint density at radius 2 is 1.82 bits per heavy atom. The molecule has 0 aliphatic rings. The van der Waals surface area contributed by atoms with E-state index >= 15 is 0 Å². The van der Waals surface area contributed by atoms with Crippen LogP contribution in [0.2, 0.25) is 10.0 Å². The van der Waals surface area contributed by atoms with Gasteiger partial charge in [0.15, 0.2) is 0 Å². The van der Waals surface area contributed by atoms with Gasteiger partial charge in [-0.25, -0.2) is 12.7 Å². The molecule has 0 spiro atoms. The van der Waals surface area contributed by atoms with E-state index < -0.39 is 44.3 Å². The molecule has 0 saturated carbocycles. The van der Waals surface area contributed by atoms with Crippen molar-refractivity contribution in [3.8, 4) is 0 Å². The van der Waals surface area contributed by atoms with Crippen molar-refractivity contribution in [3.05, 3.63) is 81.4 Å². The molecule has 0 aliphatic heterocycles. The molecule has 0 fully saturated rings. The van der Waals surface area contributed by atoms with Gasteiger partial charge < -0.3 is 4.74 Å². The van der Waals surface area contributed by atoms with Crippen molar-refractivity contribution in [2.75, 3.05) is 18.1 Å². The molecule has 1 atom stereocenters. The number of pyridine rings is 2. The highest BCUT2D eigenvalue weighted by atomic mass is 35.5. The molecule has 0 bridgehead atoms. The van der Waals surface area contributed by atoms with Crippen LogP contribution < -0.4 is 4.31 Å². The Morgan fingerprint density at radius 1 is 1.12 bits per heavy atom. The normalized spacial score (nSPS) is 13.1. The summed E-state index contributed by atoms with van der Waals surface area (Å²) in [5, 5.41) is -0.475. The molecule has 0 amide bonds. The lowest BCUT2D eigenvalue weighted by atomic mass is 9.96. The Kier molecular flexibility index (Phi) is 7.76. The molecule has 2 aromatic heterocycles. The molecule has 3 aromatic rings. The van der Waals surface area contributed by atoms with Gasteiger partial charge in [0.2, 0.25) is 0 Å². The van der Waals surface area contributed by atoms with Crippen LogP contribution in [0.1, 0.15) is 35.4 Å². The van der Waals surface area contributed by atoms with E-state index in [2.05, 4.69) is 9.97 Å². The number of hydrogen-bond donors (Lipinski definition) is 0. The standard InChI is InChI=1S/C22H20Cl2F3N3O3S/c1-13-8-15(6-7-28-13)14(2)21-20(9-16(23)11-29-21)30(12-33-3)34(31,32)17-4-5-19(24)18(10-17)22(25,26)27/h4-11,14H,12H2,1-3H3. The minimum absolute atomic E-state index is 0.0693. The summed E-state index contributed by atoms with van der Waals surface area (Å²) in [5.41, 5.74) is 0.699. The average Bonchev–Trinajstić information content (AvgIpc) is 2.76. The number of nitrogens with zero attached hydrogens (tertiary/aromatic N) is 3. The first-order chi connectivity index (χ1) is 15.9. The molecule has 1 aromatic carbocycles. The number of sulfonamides is 1. The fourth-order valence-electron chi connectivity index (χ4n) is 3.36. The monoisotopic (exact) mass is 533 g/mol. The summed E-state index contributed by atoms with van der Waals surface area (Å²) < 4.78 is 73.2. The lowest BCUT2D eigenvalue weighted by Gasteiger charge is -2.27. The number of ether oxygens (including phenoxy) is 1. The quantitative estimate of drug-likeness (QED) is 0.345. The van der Waals surface area contributed by atoms with E-state index in [4.69, 9.17) is 27.9 Å². The number of halogens is 5. The molecule has 6 nitrogen and oxygen atoms in total. The second-order valence-electron chi connectivity index (χ2n) is 7.42. The topological polar surface area (TPSA) is 72.4 Å². The smallest absolute Gasteiger partial charge is 0.363 e. The highest BCUT2D eigenvalue weighted by molar-refractivity contribution is 7.92. The van der Waals surface area contributed by atoms with Crippen LogP contribution in [0, 0.1) is 6.92 Å². The van der Waals surface area contributed by atoms with E-state index in [0.29, 0.717) is 11.8 Å². The third-order valence-corrected chi connectivity index (χ3v) is 7.31. The Balaban J connectivity index is 2.19. The van der Waals surface area contributed by atoms with Crippen LogP contribution in [0.5, 0.6) is 0 Å². The Morgan fingerprint density at radius 3 is 2.44 bits per heavy atom. The number of hydrogen-bond acceptors (Lipinski definition) is 5. The van der Waals surface area contributed by atoms with Crippen molar-refractivity contribution in [2.24, 2.45) is 0 Å². The molecule has 2 heterocycles. The van der Waals surface area contributed by atoms with E-state index in [1.54, 1.807) is 12.3 Å². The Hall–Kier alpha value is -2.40. The van der Waals surface area contributed by atoms with Crippen molar-refractivity contribution in [1.29, 1.82) is 0 Å². The first-order valence-corrected chi connectivity index (χ1v) is 12.0. The predicted octanol–water partition coefficient (Wildman–Crippen LogP) is 6.06. The zero-order chi connectivity index (χ0) is 25.3. The maximum atomic E-state index is 13.5. The summed E-state index contributed by atoms with van der Waals surface area (Å²) in [5.74, 6) is -0.403. The minimum atomic E-state index is -4.84. The highest BCUT2D eigenvalue weighted by Crippen LogP contribution is 2.39. The zero-order valence-electron chi connectivity index (χ0n) is 18.3. The van der Waals surface area contributed by atoms with Crippen LogP contribution in [0.15, 0.2) is 53.7 Å². The summed E-state index contributed by atoms with van der Waals surface area (Å²) in [6, 6.07) is 7.36. The minimum Gasteiger partial charge on any atom is -0.363 e. The lowest BCUT2D eigenvalue weighted by Crippen LogP contribution is -2.34. The molecule has 0 saturated heterocycles. The number of aryl methyl sites for hydroxylation is 1. The molecule has 3 rings (SSSR count). The average molecular weight is 534 g/mol. The van der Waals surface area contributed by atoms with Crippen molar-refractivity contribution in [3.63, 3.8) is 0 Å². The first-order valence-electron chi connectivity index (χ1n) is 9.82. The van der Waals surface area contributed by atoms with Crippen molar-refractivity contribution < 1.29 is 26.3 Å². The molecule has 12 heteroatoms. The summed E-state index contributed by atoms with van der Waals surface area (Å²) in [4.78, 5) is 7.90. The van der Waals surface area contributed by atoms with Crippen LogP contribution in [0.4, 0.5) is 18.9 Å². The van der Waals surface area contributed by atoms with Gasteiger partial charge in [-0.15, -0.1) is 0 Å². The van der Waals surface area contributed by atoms with Gasteiger partial charge in [0.25, 0.3) is 10.0 Å². The second-order valence-corrected chi connectivity index (χ2v) is 10.1. The predicted molar refractivity (Wildman–Crippen MR) is 124 cm³/mol. The van der Waals surface area contributed by atoms with E-state index in [0.717, 1.165) is 27.7 Å². The van der Waals surface area contributed by atoms with E-state index in [1.807, 2.05) is 19.9 Å². The summed E-state index contributed by atoms with van der Waals surface area (Å²) in [6.07, 6.45) is -1.86.